The van der Waals surface area contributed by atoms with Gasteiger partial charge in [-0.25, -0.2) is 0 Å². The first-order valence-corrected chi connectivity index (χ1v) is 15.1. The Labute approximate surface area is 231 Å². The highest BCUT2D eigenvalue weighted by Crippen LogP contribution is 2.39. The van der Waals surface area contributed by atoms with Crippen LogP contribution in [0.3, 0.4) is 0 Å². The molecule has 210 valence electrons. The molecule has 0 aliphatic carbocycles. The van der Waals surface area contributed by atoms with Gasteiger partial charge >= 0.3 is 11.9 Å². The summed E-state index contributed by atoms with van der Waals surface area (Å²) in [5, 5.41) is 0. The molecule has 0 unspecified atom stereocenters. The van der Waals surface area contributed by atoms with Crippen LogP contribution in [0.4, 0.5) is 0 Å². The van der Waals surface area contributed by atoms with Crippen LogP contribution in [0, 0.1) is 0 Å². The van der Waals surface area contributed by atoms with E-state index in [1.54, 1.807) is 0 Å². The van der Waals surface area contributed by atoms with Crippen molar-refractivity contribution in [2.45, 2.75) is 129 Å². The second kappa shape index (κ2) is 18.6. The van der Waals surface area contributed by atoms with Crippen LogP contribution in [0.25, 0.3) is 0 Å². The SMILES string of the molecule is CCCCCCCC(=O)Oc1ccc([C@@H](CC)[C@@H](CC)c2ccc(OC(=O)CCCCCCC)cc2)cc1. The van der Waals surface area contributed by atoms with Gasteiger partial charge in [-0.2, -0.15) is 0 Å². The fourth-order valence-electron chi connectivity index (χ4n) is 5.18. The molecule has 0 aliphatic heterocycles. The first kappa shape index (κ1) is 31.6. The largest absolute Gasteiger partial charge is 0.427 e. The highest BCUT2D eigenvalue weighted by atomic mass is 16.5. The fraction of sp³-hybridized carbons (Fsp3) is 0.588. The van der Waals surface area contributed by atoms with Gasteiger partial charge in [0.05, 0.1) is 0 Å². The molecule has 2 aromatic rings. The Balaban J connectivity index is 1.92. The van der Waals surface area contributed by atoms with Gasteiger partial charge in [-0.3, -0.25) is 9.59 Å². The highest BCUT2D eigenvalue weighted by molar-refractivity contribution is 5.72. The molecular weight excluding hydrogens is 472 g/mol. The zero-order valence-corrected chi connectivity index (χ0v) is 24.3. The van der Waals surface area contributed by atoms with E-state index in [-0.39, 0.29) is 11.9 Å². The first-order valence-electron chi connectivity index (χ1n) is 15.1. The number of ether oxygens (including phenoxy) is 2. The summed E-state index contributed by atoms with van der Waals surface area (Å²) in [6.45, 7) is 8.82. The summed E-state index contributed by atoms with van der Waals surface area (Å²) in [7, 11) is 0. The fourth-order valence-corrected chi connectivity index (χ4v) is 5.18. The molecule has 0 saturated heterocycles. The van der Waals surface area contributed by atoms with Crippen LogP contribution in [0.2, 0.25) is 0 Å². The van der Waals surface area contributed by atoms with E-state index in [2.05, 4.69) is 52.0 Å². The van der Waals surface area contributed by atoms with Crippen molar-refractivity contribution < 1.29 is 19.1 Å². The number of benzene rings is 2. The zero-order chi connectivity index (χ0) is 27.6. The molecule has 4 heteroatoms. The van der Waals surface area contributed by atoms with Gasteiger partial charge in [0, 0.05) is 12.8 Å². The molecule has 0 heterocycles. The van der Waals surface area contributed by atoms with Gasteiger partial charge in [-0.15, -0.1) is 0 Å². The predicted molar refractivity (Wildman–Crippen MR) is 157 cm³/mol. The van der Waals surface area contributed by atoms with Gasteiger partial charge < -0.3 is 9.47 Å². The van der Waals surface area contributed by atoms with Gasteiger partial charge in [0.25, 0.3) is 0 Å². The van der Waals surface area contributed by atoms with E-state index < -0.39 is 0 Å². The Kier molecular flexibility index (Phi) is 15.5. The minimum atomic E-state index is -0.148. The van der Waals surface area contributed by atoms with Crippen molar-refractivity contribution in [2.75, 3.05) is 0 Å². The number of esters is 2. The zero-order valence-electron chi connectivity index (χ0n) is 24.3. The number of hydrogen-bond acceptors (Lipinski definition) is 4. The molecule has 2 atom stereocenters. The average Bonchev–Trinajstić information content (AvgIpc) is 2.92. The summed E-state index contributed by atoms with van der Waals surface area (Å²) in [4.78, 5) is 24.4. The van der Waals surface area contributed by atoms with Crippen molar-refractivity contribution in [2.24, 2.45) is 0 Å². The lowest BCUT2D eigenvalue weighted by molar-refractivity contribution is -0.135. The van der Waals surface area contributed by atoms with E-state index >= 15 is 0 Å². The molecule has 4 nitrogen and oxygen atoms in total. The summed E-state index contributed by atoms with van der Waals surface area (Å²) in [5.41, 5.74) is 2.49. The highest BCUT2D eigenvalue weighted by Gasteiger charge is 2.22. The van der Waals surface area contributed by atoms with Crippen LogP contribution in [0.15, 0.2) is 48.5 Å². The molecule has 0 spiro atoms. The van der Waals surface area contributed by atoms with Crippen molar-refractivity contribution in [1.82, 2.24) is 0 Å². The molecule has 38 heavy (non-hydrogen) atoms. The van der Waals surface area contributed by atoms with Crippen molar-refractivity contribution in [1.29, 1.82) is 0 Å². The van der Waals surface area contributed by atoms with Gasteiger partial charge in [-0.1, -0.05) is 103 Å². The van der Waals surface area contributed by atoms with Crippen molar-refractivity contribution in [3.8, 4) is 11.5 Å². The second-order valence-electron chi connectivity index (χ2n) is 10.4. The second-order valence-corrected chi connectivity index (χ2v) is 10.4. The lowest BCUT2D eigenvalue weighted by atomic mass is 9.78. The maximum absolute atomic E-state index is 12.2. The van der Waals surface area contributed by atoms with Crippen molar-refractivity contribution >= 4 is 11.9 Å². The molecule has 0 amide bonds. The maximum Gasteiger partial charge on any atom is 0.311 e. The number of unbranched alkanes of at least 4 members (excludes halogenated alkanes) is 8. The minimum absolute atomic E-state index is 0.148. The Morgan fingerprint density at radius 3 is 1.18 bits per heavy atom. The third-order valence-electron chi connectivity index (χ3n) is 7.41. The molecule has 0 saturated carbocycles. The third-order valence-corrected chi connectivity index (χ3v) is 7.41. The Morgan fingerprint density at radius 2 is 0.868 bits per heavy atom. The van der Waals surface area contributed by atoms with E-state index in [4.69, 9.17) is 9.47 Å². The third kappa shape index (κ3) is 11.4. The summed E-state index contributed by atoms with van der Waals surface area (Å²) in [6.07, 6.45) is 14.1. The molecule has 0 aromatic heterocycles. The Hall–Kier alpha value is -2.62. The molecule has 2 rings (SSSR count). The normalized spacial score (nSPS) is 12.6. The van der Waals surface area contributed by atoms with E-state index in [0.29, 0.717) is 36.2 Å². The van der Waals surface area contributed by atoms with E-state index in [0.717, 1.165) is 38.5 Å². The van der Waals surface area contributed by atoms with Crippen LogP contribution >= 0.6 is 0 Å². The van der Waals surface area contributed by atoms with E-state index in [9.17, 15) is 9.59 Å². The van der Waals surface area contributed by atoms with Crippen LogP contribution in [-0.2, 0) is 9.59 Å². The van der Waals surface area contributed by atoms with E-state index in [1.807, 2.05) is 24.3 Å². The van der Waals surface area contributed by atoms with Crippen molar-refractivity contribution in [3.63, 3.8) is 0 Å². The first-order chi connectivity index (χ1) is 18.5. The van der Waals surface area contributed by atoms with Gasteiger partial charge in [0.2, 0.25) is 0 Å². The van der Waals surface area contributed by atoms with Crippen molar-refractivity contribution in [3.05, 3.63) is 59.7 Å². The summed E-state index contributed by atoms with van der Waals surface area (Å²) < 4.78 is 11.1. The predicted octanol–water partition coefficient (Wildman–Crippen LogP) is 9.91. The van der Waals surface area contributed by atoms with E-state index in [1.165, 1.54) is 49.7 Å². The number of hydrogen-bond donors (Lipinski definition) is 0. The van der Waals surface area contributed by atoms with Gasteiger partial charge in [0.15, 0.2) is 0 Å². The number of carbonyl (C=O) groups excluding carboxylic acids is 2. The summed E-state index contributed by atoms with van der Waals surface area (Å²) >= 11 is 0. The lowest BCUT2D eigenvalue weighted by Gasteiger charge is -2.26. The standard InChI is InChI=1S/C34H50O4/c1-5-9-11-13-15-17-33(35)37-29-23-19-27(20-24-29)31(7-3)32(8-4)28-21-25-30(26-22-28)38-34(36)18-16-14-12-10-6-2/h19-26,31-32H,5-18H2,1-4H3/t31-,32+. The van der Waals surface area contributed by atoms with Gasteiger partial charge in [0.1, 0.15) is 11.5 Å². The lowest BCUT2D eigenvalue weighted by Crippen LogP contribution is -2.11. The minimum Gasteiger partial charge on any atom is -0.427 e. The molecule has 0 fully saturated rings. The molecular formula is C34H50O4. The topological polar surface area (TPSA) is 52.6 Å². The van der Waals surface area contributed by atoms with Crippen LogP contribution < -0.4 is 9.47 Å². The summed E-state index contributed by atoms with van der Waals surface area (Å²) in [6, 6.07) is 16.1. The van der Waals surface area contributed by atoms with Crippen LogP contribution in [-0.4, -0.2) is 11.9 Å². The molecule has 0 bridgehead atoms. The molecule has 2 aromatic carbocycles. The molecule has 0 N–H and O–H groups in total. The van der Waals surface area contributed by atoms with Gasteiger partial charge in [-0.05, 0) is 72.9 Å². The summed E-state index contributed by atoms with van der Waals surface area (Å²) in [5.74, 6) is 1.63. The van der Waals surface area contributed by atoms with Crippen LogP contribution in [0.5, 0.6) is 11.5 Å². The number of rotatable bonds is 19. The Morgan fingerprint density at radius 1 is 0.526 bits per heavy atom. The molecule has 0 radical (unpaired) electrons. The van der Waals surface area contributed by atoms with Crippen LogP contribution in [0.1, 0.15) is 141 Å². The smallest absolute Gasteiger partial charge is 0.311 e. The maximum atomic E-state index is 12.2. The Bertz CT molecular complexity index is 839. The number of carbonyl (C=O) groups is 2. The average molecular weight is 523 g/mol. The monoisotopic (exact) mass is 522 g/mol. The quantitative estimate of drug-likeness (QED) is 0.105. The molecule has 0 aliphatic rings.